The van der Waals surface area contributed by atoms with Crippen molar-refractivity contribution < 1.29 is 9.90 Å². The topological polar surface area (TPSA) is 40.5 Å². The average Bonchev–Trinajstić information content (AvgIpc) is 2.45. The molecule has 1 aromatic carbocycles. The van der Waals surface area contributed by atoms with Crippen LogP contribution in [0, 0.1) is 0 Å². The second-order valence-electron chi connectivity index (χ2n) is 5.03. The van der Waals surface area contributed by atoms with E-state index >= 15 is 0 Å². The first kappa shape index (κ1) is 14.5. The lowest BCUT2D eigenvalue weighted by atomic mass is 9.93. The molecular formula is C15H20BrNO2. The van der Waals surface area contributed by atoms with Gasteiger partial charge in [0, 0.05) is 28.3 Å². The zero-order valence-corrected chi connectivity index (χ0v) is 12.6. The van der Waals surface area contributed by atoms with Gasteiger partial charge in [-0.05, 0) is 31.0 Å². The summed E-state index contributed by atoms with van der Waals surface area (Å²) in [5.74, 6) is 0. The Morgan fingerprint density at radius 3 is 2.68 bits per heavy atom. The number of rotatable bonds is 5. The normalized spacial score (nSPS) is 16.3. The molecule has 0 radical (unpaired) electrons. The summed E-state index contributed by atoms with van der Waals surface area (Å²) in [6.45, 7) is 0.698. The van der Waals surface area contributed by atoms with Gasteiger partial charge in [-0.1, -0.05) is 35.2 Å². The Morgan fingerprint density at radius 2 is 2.05 bits per heavy atom. The van der Waals surface area contributed by atoms with Crippen LogP contribution in [0.5, 0.6) is 0 Å². The molecule has 2 rings (SSSR count). The number of carbonyl (C=O) groups is 1. The summed E-state index contributed by atoms with van der Waals surface area (Å²) in [4.78, 5) is 13.4. The first-order valence-electron chi connectivity index (χ1n) is 6.88. The van der Waals surface area contributed by atoms with Crippen LogP contribution in [0.25, 0.3) is 0 Å². The molecule has 0 spiro atoms. The highest BCUT2D eigenvalue weighted by Crippen LogP contribution is 2.30. The van der Waals surface area contributed by atoms with E-state index < -0.39 is 0 Å². The summed E-state index contributed by atoms with van der Waals surface area (Å²) in [5.41, 5.74) is 1.63. The van der Waals surface area contributed by atoms with Gasteiger partial charge in [0.1, 0.15) is 0 Å². The summed E-state index contributed by atoms with van der Waals surface area (Å²) in [5, 5.41) is 9.32. The van der Waals surface area contributed by atoms with Gasteiger partial charge in [-0.2, -0.15) is 0 Å². The molecule has 1 fully saturated rings. The van der Waals surface area contributed by atoms with Crippen molar-refractivity contribution in [2.75, 3.05) is 18.1 Å². The van der Waals surface area contributed by atoms with Crippen molar-refractivity contribution in [2.45, 2.75) is 38.1 Å². The second kappa shape index (κ2) is 7.06. The third kappa shape index (κ3) is 3.57. The molecule has 104 valence electrons. The summed E-state index contributed by atoms with van der Waals surface area (Å²) in [6.07, 6.45) is 6.95. The number of aliphatic hydroxyl groups excluding tert-OH is 1. The minimum absolute atomic E-state index is 0.112. The Kier molecular flexibility index (Phi) is 5.40. The molecule has 4 heteroatoms. The fourth-order valence-electron chi connectivity index (χ4n) is 2.87. The van der Waals surface area contributed by atoms with Crippen LogP contribution in [0.1, 0.15) is 42.5 Å². The van der Waals surface area contributed by atoms with E-state index in [1.807, 2.05) is 18.2 Å². The number of halogens is 1. The van der Waals surface area contributed by atoms with Crippen LogP contribution in [0.15, 0.2) is 22.7 Å². The maximum absolute atomic E-state index is 11.2. The molecule has 0 unspecified atom stereocenters. The van der Waals surface area contributed by atoms with E-state index in [2.05, 4.69) is 20.8 Å². The third-order valence-electron chi connectivity index (χ3n) is 3.79. The van der Waals surface area contributed by atoms with E-state index in [0.717, 1.165) is 29.3 Å². The number of aldehydes is 1. The number of benzene rings is 1. The van der Waals surface area contributed by atoms with Crippen molar-refractivity contribution in [3.8, 4) is 0 Å². The molecule has 0 bridgehead atoms. The van der Waals surface area contributed by atoms with Crippen LogP contribution in [0.3, 0.4) is 0 Å². The van der Waals surface area contributed by atoms with E-state index in [-0.39, 0.29) is 6.61 Å². The first-order valence-corrected chi connectivity index (χ1v) is 7.68. The molecule has 1 aliphatic carbocycles. The molecule has 0 saturated heterocycles. The SMILES string of the molecule is O=Cc1ccc(Br)cc1N(CCO)C1CCCCC1. The lowest BCUT2D eigenvalue weighted by Gasteiger charge is -2.36. The molecule has 0 atom stereocenters. The Morgan fingerprint density at radius 1 is 1.32 bits per heavy atom. The Labute approximate surface area is 122 Å². The van der Waals surface area contributed by atoms with Crippen molar-refractivity contribution >= 4 is 27.9 Å². The predicted molar refractivity (Wildman–Crippen MR) is 80.8 cm³/mol. The Bertz CT molecular complexity index is 430. The highest BCUT2D eigenvalue weighted by atomic mass is 79.9. The molecule has 0 aromatic heterocycles. The minimum Gasteiger partial charge on any atom is -0.395 e. The molecular weight excluding hydrogens is 306 g/mol. The van der Waals surface area contributed by atoms with Crippen molar-refractivity contribution in [2.24, 2.45) is 0 Å². The lowest BCUT2D eigenvalue weighted by Crippen LogP contribution is -2.39. The number of nitrogens with zero attached hydrogens (tertiary/aromatic N) is 1. The number of aliphatic hydroxyl groups is 1. The van der Waals surface area contributed by atoms with E-state index in [1.54, 1.807) is 0 Å². The number of carbonyl (C=O) groups excluding carboxylic acids is 1. The molecule has 0 aliphatic heterocycles. The molecule has 1 aromatic rings. The van der Waals surface area contributed by atoms with E-state index in [0.29, 0.717) is 18.2 Å². The monoisotopic (exact) mass is 325 g/mol. The molecule has 0 heterocycles. The van der Waals surface area contributed by atoms with Crippen LogP contribution in [-0.2, 0) is 0 Å². The summed E-state index contributed by atoms with van der Waals surface area (Å²) in [7, 11) is 0. The third-order valence-corrected chi connectivity index (χ3v) is 4.28. The van der Waals surface area contributed by atoms with Gasteiger partial charge in [0.2, 0.25) is 0 Å². The number of anilines is 1. The zero-order valence-electron chi connectivity index (χ0n) is 11.0. The van der Waals surface area contributed by atoms with Gasteiger partial charge < -0.3 is 10.0 Å². The van der Waals surface area contributed by atoms with Gasteiger partial charge >= 0.3 is 0 Å². The molecule has 19 heavy (non-hydrogen) atoms. The number of hydrogen-bond donors (Lipinski definition) is 1. The maximum atomic E-state index is 11.2. The predicted octanol–water partition coefficient (Wildman–Crippen LogP) is 3.39. The van der Waals surface area contributed by atoms with E-state index in [4.69, 9.17) is 0 Å². The van der Waals surface area contributed by atoms with E-state index in [9.17, 15) is 9.90 Å². The van der Waals surface area contributed by atoms with Gasteiger partial charge in [-0.3, -0.25) is 4.79 Å². The molecule has 0 amide bonds. The summed E-state index contributed by atoms with van der Waals surface area (Å²) >= 11 is 3.46. The quantitative estimate of drug-likeness (QED) is 0.843. The summed E-state index contributed by atoms with van der Waals surface area (Å²) in [6, 6.07) is 6.13. The number of hydrogen-bond acceptors (Lipinski definition) is 3. The smallest absolute Gasteiger partial charge is 0.152 e. The lowest BCUT2D eigenvalue weighted by molar-refractivity contribution is 0.112. The van der Waals surface area contributed by atoms with Crippen LogP contribution in [0.4, 0.5) is 5.69 Å². The zero-order chi connectivity index (χ0) is 13.7. The van der Waals surface area contributed by atoms with Gasteiger partial charge in [0.05, 0.1) is 6.61 Å². The van der Waals surface area contributed by atoms with Gasteiger partial charge in [-0.25, -0.2) is 0 Å². The maximum Gasteiger partial charge on any atom is 0.152 e. The van der Waals surface area contributed by atoms with E-state index in [1.165, 1.54) is 19.3 Å². The second-order valence-corrected chi connectivity index (χ2v) is 5.95. The van der Waals surface area contributed by atoms with Crippen LogP contribution in [-0.4, -0.2) is 30.6 Å². The van der Waals surface area contributed by atoms with Crippen molar-refractivity contribution in [3.63, 3.8) is 0 Å². The highest BCUT2D eigenvalue weighted by molar-refractivity contribution is 9.10. The molecule has 1 N–H and O–H groups in total. The average molecular weight is 326 g/mol. The fraction of sp³-hybridized carbons (Fsp3) is 0.533. The van der Waals surface area contributed by atoms with Crippen LogP contribution >= 0.6 is 15.9 Å². The van der Waals surface area contributed by atoms with Crippen LogP contribution in [0.2, 0.25) is 0 Å². The summed E-state index contributed by atoms with van der Waals surface area (Å²) < 4.78 is 0.965. The molecule has 3 nitrogen and oxygen atoms in total. The van der Waals surface area contributed by atoms with Gasteiger partial charge in [0.15, 0.2) is 6.29 Å². The molecule has 1 saturated carbocycles. The Hall–Kier alpha value is -0.870. The fourth-order valence-corrected chi connectivity index (χ4v) is 3.21. The van der Waals surface area contributed by atoms with Gasteiger partial charge in [0.25, 0.3) is 0 Å². The molecule has 1 aliphatic rings. The largest absolute Gasteiger partial charge is 0.395 e. The van der Waals surface area contributed by atoms with Crippen molar-refractivity contribution in [3.05, 3.63) is 28.2 Å². The first-order chi connectivity index (χ1) is 9.26. The van der Waals surface area contributed by atoms with Gasteiger partial charge in [-0.15, -0.1) is 0 Å². The van der Waals surface area contributed by atoms with Crippen molar-refractivity contribution in [1.29, 1.82) is 0 Å². The van der Waals surface area contributed by atoms with Crippen molar-refractivity contribution in [1.82, 2.24) is 0 Å². The highest BCUT2D eigenvalue weighted by Gasteiger charge is 2.23. The minimum atomic E-state index is 0.112. The standard InChI is InChI=1S/C15H20BrNO2/c16-13-7-6-12(11-19)15(10-13)17(8-9-18)14-4-2-1-3-5-14/h6-7,10-11,14,18H,1-5,8-9H2. The Balaban J connectivity index is 2.31. The van der Waals surface area contributed by atoms with Crippen LogP contribution < -0.4 is 4.90 Å².